The Kier molecular flexibility index (Phi) is 5.94. The molecular weight excluding hydrogens is 388 g/mol. The number of carbonyl (C=O) groups excluding carboxylic acids is 2. The second-order valence-electron chi connectivity index (χ2n) is 5.27. The van der Waals surface area contributed by atoms with Crippen molar-refractivity contribution >= 4 is 27.9 Å². The van der Waals surface area contributed by atoms with Gasteiger partial charge in [0.1, 0.15) is 25.0 Å². The SMILES string of the molecule is CC(=O)OCC1OC(n2cc(CBr)c(=O)[nH]c2=O)CC1OC(C)=O. The van der Waals surface area contributed by atoms with Gasteiger partial charge in [-0.2, -0.15) is 0 Å². The van der Waals surface area contributed by atoms with Crippen LogP contribution >= 0.6 is 15.9 Å². The second-order valence-corrected chi connectivity index (χ2v) is 5.83. The molecule has 1 aromatic rings. The highest BCUT2D eigenvalue weighted by molar-refractivity contribution is 9.08. The number of nitrogens with zero attached hydrogens (tertiary/aromatic N) is 1. The van der Waals surface area contributed by atoms with E-state index in [1.165, 1.54) is 24.6 Å². The number of halogens is 1. The van der Waals surface area contributed by atoms with Gasteiger partial charge >= 0.3 is 17.6 Å². The molecule has 1 saturated heterocycles. The van der Waals surface area contributed by atoms with Crippen molar-refractivity contribution in [2.45, 2.75) is 44.0 Å². The van der Waals surface area contributed by atoms with Gasteiger partial charge in [-0.05, 0) is 0 Å². The molecule has 1 N–H and O–H groups in total. The topological polar surface area (TPSA) is 117 Å². The minimum absolute atomic E-state index is 0.104. The van der Waals surface area contributed by atoms with E-state index in [1.54, 1.807) is 0 Å². The Morgan fingerprint density at radius 1 is 1.38 bits per heavy atom. The van der Waals surface area contributed by atoms with E-state index in [1.807, 2.05) is 0 Å². The standard InChI is InChI=1S/C14H17BrN2O7/c1-7(18)22-6-11-10(23-8(2)19)3-12(24-11)17-5-9(4-15)13(20)16-14(17)21/h5,10-12H,3-4,6H2,1-2H3,(H,16,20,21). The Morgan fingerprint density at radius 3 is 2.67 bits per heavy atom. The van der Waals surface area contributed by atoms with E-state index < -0.39 is 41.6 Å². The van der Waals surface area contributed by atoms with Gasteiger partial charge in [-0.3, -0.25) is 23.9 Å². The van der Waals surface area contributed by atoms with Gasteiger partial charge in [0.15, 0.2) is 0 Å². The summed E-state index contributed by atoms with van der Waals surface area (Å²) in [5, 5.41) is 0.263. The summed E-state index contributed by atoms with van der Waals surface area (Å²) in [5.41, 5.74) is -0.769. The molecule has 1 aliphatic heterocycles. The van der Waals surface area contributed by atoms with E-state index in [-0.39, 0.29) is 18.4 Å². The third kappa shape index (κ3) is 4.32. The highest BCUT2D eigenvalue weighted by Gasteiger charge is 2.39. The van der Waals surface area contributed by atoms with Crippen LogP contribution in [0.5, 0.6) is 0 Å². The third-order valence-electron chi connectivity index (χ3n) is 3.44. The van der Waals surface area contributed by atoms with Crippen LogP contribution < -0.4 is 11.2 Å². The van der Waals surface area contributed by atoms with Crippen molar-refractivity contribution in [1.29, 1.82) is 0 Å². The maximum absolute atomic E-state index is 12.0. The quantitative estimate of drug-likeness (QED) is 0.550. The van der Waals surface area contributed by atoms with Crippen molar-refractivity contribution in [2.75, 3.05) is 6.61 Å². The summed E-state index contributed by atoms with van der Waals surface area (Å²) in [7, 11) is 0. The lowest BCUT2D eigenvalue weighted by atomic mass is 10.2. The van der Waals surface area contributed by atoms with Crippen molar-refractivity contribution in [2.24, 2.45) is 0 Å². The van der Waals surface area contributed by atoms with Gasteiger partial charge in [0.05, 0.1) is 0 Å². The summed E-state index contributed by atoms with van der Waals surface area (Å²) in [6, 6.07) is 0. The normalized spacial score (nSPS) is 23.0. The van der Waals surface area contributed by atoms with Crippen LogP contribution in [0, 0.1) is 0 Å². The molecule has 1 fully saturated rings. The van der Waals surface area contributed by atoms with E-state index in [0.29, 0.717) is 5.56 Å². The predicted molar refractivity (Wildman–Crippen MR) is 84.7 cm³/mol. The number of H-pyrrole nitrogens is 1. The number of carbonyl (C=O) groups is 2. The van der Waals surface area contributed by atoms with Crippen LogP contribution in [0.1, 0.15) is 32.1 Å². The monoisotopic (exact) mass is 404 g/mol. The highest BCUT2D eigenvalue weighted by atomic mass is 79.9. The van der Waals surface area contributed by atoms with E-state index in [4.69, 9.17) is 14.2 Å². The van der Waals surface area contributed by atoms with E-state index in [2.05, 4.69) is 20.9 Å². The van der Waals surface area contributed by atoms with Crippen LogP contribution in [0.15, 0.2) is 15.8 Å². The molecule has 0 aliphatic carbocycles. The first-order valence-corrected chi connectivity index (χ1v) is 8.30. The molecule has 9 nitrogen and oxygen atoms in total. The number of esters is 2. The lowest BCUT2D eigenvalue weighted by Gasteiger charge is -2.17. The molecule has 132 valence electrons. The average molecular weight is 405 g/mol. The number of aromatic nitrogens is 2. The fourth-order valence-corrected chi connectivity index (χ4v) is 2.79. The van der Waals surface area contributed by atoms with Crippen LogP contribution in [-0.4, -0.2) is 40.3 Å². The van der Waals surface area contributed by atoms with Crippen molar-refractivity contribution in [3.8, 4) is 0 Å². The number of hydrogen-bond acceptors (Lipinski definition) is 7. The predicted octanol–water partition coefficient (Wildman–Crippen LogP) is 0.214. The first-order valence-electron chi connectivity index (χ1n) is 7.18. The molecule has 2 heterocycles. The van der Waals surface area contributed by atoms with Crippen LogP contribution in [0.25, 0.3) is 0 Å². The minimum Gasteiger partial charge on any atom is -0.463 e. The van der Waals surface area contributed by atoms with E-state index >= 15 is 0 Å². The van der Waals surface area contributed by atoms with E-state index in [9.17, 15) is 19.2 Å². The number of rotatable bonds is 5. The molecule has 0 amide bonds. The van der Waals surface area contributed by atoms with Gasteiger partial charge in [-0.1, -0.05) is 15.9 Å². The summed E-state index contributed by atoms with van der Waals surface area (Å²) in [4.78, 5) is 48.0. The molecule has 2 rings (SSSR count). The highest BCUT2D eigenvalue weighted by Crippen LogP contribution is 2.30. The Labute approximate surface area is 145 Å². The fraction of sp³-hybridized carbons (Fsp3) is 0.571. The number of nitrogens with one attached hydrogen (secondary N) is 1. The summed E-state index contributed by atoms with van der Waals surface area (Å²) in [5.74, 6) is -1.00. The Hall–Kier alpha value is -1.94. The Morgan fingerprint density at radius 2 is 2.08 bits per heavy atom. The zero-order valence-electron chi connectivity index (χ0n) is 13.1. The molecular formula is C14H17BrN2O7. The second kappa shape index (κ2) is 7.75. The summed E-state index contributed by atoms with van der Waals surface area (Å²) in [6.45, 7) is 2.40. The van der Waals surface area contributed by atoms with Crippen LogP contribution in [-0.2, 0) is 29.1 Å². The first kappa shape index (κ1) is 18.4. The van der Waals surface area contributed by atoms with Crippen LogP contribution in [0.3, 0.4) is 0 Å². The molecule has 1 aromatic heterocycles. The molecule has 0 bridgehead atoms. The average Bonchev–Trinajstić information content (AvgIpc) is 2.87. The molecule has 0 spiro atoms. The van der Waals surface area contributed by atoms with Gasteiger partial charge < -0.3 is 14.2 Å². The zero-order valence-corrected chi connectivity index (χ0v) is 14.7. The Bertz CT molecular complexity index is 741. The maximum atomic E-state index is 12.0. The number of ether oxygens (including phenoxy) is 3. The lowest BCUT2D eigenvalue weighted by molar-refractivity contribution is -0.155. The summed E-state index contributed by atoms with van der Waals surface area (Å²) < 4.78 is 17.0. The number of hydrogen-bond donors (Lipinski definition) is 1. The van der Waals surface area contributed by atoms with Crippen LogP contribution in [0.2, 0.25) is 0 Å². The molecule has 3 atom stereocenters. The van der Waals surface area contributed by atoms with Crippen molar-refractivity contribution in [3.05, 3.63) is 32.6 Å². The van der Waals surface area contributed by atoms with Crippen molar-refractivity contribution < 1.29 is 23.8 Å². The molecule has 0 aromatic carbocycles. The van der Waals surface area contributed by atoms with Crippen LogP contribution in [0.4, 0.5) is 0 Å². The van der Waals surface area contributed by atoms with Crippen molar-refractivity contribution in [3.63, 3.8) is 0 Å². The third-order valence-corrected chi connectivity index (χ3v) is 4.05. The molecule has 24 heavy (non-hydrogen) atoms. The minimum atomic E-state index is -0.753. The van der Waals surface area contributed by atoms with E-state index in [0.717, 1.165) is 0 Å². The van der Waals surface area contributed by atoms with Gasteiger partial charge in [-0.25, -0.2) is 4.79 Å². The van der Waals surface area contributed by atoms with Gasteiger partial charge in [-0.15, -0.1) is 0 Å². The first-order chi connectivity index (χ1) is 11.3. The molecule has 0 saturated carbocycles. The number of alkyl halides is 1. The molecule has 10 heteroatoms. The molecule has 1 aliphatic rings. The fourth-order valence-electron chi connectivity index (χ4n) is 2.39. The van der Waals surface area contributed by atoms with Crippen molar-refractivity contribution in [1.82, 2.24) is 9.55 Å². The van der Waals surface area contributed by atoms with Gasteiger partial charge in [0, 0.05) is 37.4 Å². The lowest BCUT2D eigenvalue weighted by Crippen LogP contribution is -2.34. The Balaban J connectivity index is 2.25. The maximum Gasteiger partial charge on any atom is 0.330 e. The number of aromatic amines is 1. The van der Waals surface area contributed by atoms with Gasteiger partial charge in [0.2, 0.25) is 0 Å². The zero-order chi connectivity index (χ0) is 17.9. The molecule has 3 unspecified atom stereocenters. The largest absolute Gasteiger partial charge is 0.463 e. The molecule has 0 radical (unpaired) electrons. The van der Waals surface area contributed by atoms with Gasteiger partial charge in [0.25, 0.3) is 5.56 Å². The summed E-state index contributed by atoms with van der Waals surface area (Å²) >= 11 is 3.17. The smallest absolute Gasteiger partial charge is 0.330 e. The summed E-state index contributed by atoms with van der Waals surface area (Å²) in [6.07, 6.45) is -0.539.